The van der Waals surface area contributed by atoms with Gasteiger partial charge in [0.25, 0.3) is 6.47 Å². The molecule has 0 unspecified atom stereocenters. The van der Waals surface area contributed by atoms with Crippen LogP contribution in [0.4, 0.5) is 5.69 Å². The van der Waals surface area contributed by atoms with Crippen molar-refractivity contribution in [2.75, 3.05) is 5.73 Å². The molecule has 0 saturated carbocycles. The van der Waals surface area contributed by atoms with Crippen LogP contribution in [0.15, 0.2) is 16.6 Å². The van der Waals surface area contributed by atoms with E-state index < -0.39 is 0 Å². The van der Waals surface area contributed by atoms with Gasteiger partial charge in [-0.2, -0.15) is 0 Å². The summed E-state index contributed by atoms with van der Waals surface area (Å²) in [5, 5.41) is 0. The molecule has 3 nitrogen and oxygen atoms in total. The zero-order valence-electron chi connectivity index (χ0n) is 6.50. The van der Waals surface area contributed by atoms with E-state index in [0.29, 0.717) is 22.4 Å². The third-order valence-corrected chi connectivity index (χ3v) is 1.97. The number of carbonyl (C=O) groups excluding carboxylic acids is 1. The Morgan fingerprint density at radius 1 is 1.58 bits per heavy atom. The van der Waals surface area contributed by atoms with Gasteiger partial charge in [0.05, 0.1) is 10.2 Å². The summed E-state index contributed by atoms with van der Waals surface area (Å²) >= 11 is 3.24. The van der Waals surface area contributed by atoms with Gasteiger partial charge in [0.2, 0.25) is 0 Å². The molecular weight excluding hydrogens is 222 g/mol. The van der Waals surface area contributed by atoms with Gasteiger partial charge < -0.3 is 10.5 Å². The zero-order chi connectivity index (χ0) is 9.14. The number of hydrogen-bond donors (Lipinski definition) is 1. The van der Waals surface area contributed by atoms with Gasteiger partial charge in [-0.3, -0.25) is 4.79 Å². The quantitative estimate of drug-likeness (QED) is 0.623. The first-order valence-corrected chi connectivity index (χ1v) is 4.10. The SMILES string of the molecule is Cc1cc(N)c(OC=O)c(Br)c1. The van der Waals surface area contributed by atoms with Crippen molar-refractivity contribution in [2.24, 2.45) is 0 Å². The van der Waals surface area contributed by atoms with Crippen LogP contribution in [-0.2, 0) is 4.79 Å². The van der Waals surface area contributed by atoms with E-state index in [-0.39, 0.29) is 0 Å². The number of nitrogens with two attached hydrogens (primary N) is 1. The minimum Gasteiger partial charge on any atom is -0.425 e. The third kappa shape index (κ3) is 1.76. The lowest BCUT2D eigenvalue weighted by Crippen LogP contribution is -1.96. The Bertz CT molecular complexity index is 289. The van der Waals surface area contributed by atoms with E-state index in [2.05, 4.69) is 20.7 Å². The molecular formula is C8H8BrNO2. The number of ether oxygens (including phenoxy) is 1. The minimum absolute atomic E-state index is 0.353. The van der Waals surface area contributed by atoms with Crippen molar-refractivity contribution in [2.45, 2.75) is 6.92 Å². The summed E-state index contributed by atoms with van der Waals surface area (Å²) in [5.41, 5.74) is 7.06. The Morgan fingerprint density at radius 3 is 2.75 bits per heavy atom. The molecule has 1 aromatic carbocycles. The van der Waals surface area contributed by atoms with E-state index >= 15 is 0 Å². The average molecular weight is 230 g/mol. The molecule has 0 aliphatic carbocycles. The van der Waals surface area contributed by atoms with Gasteiger partial charge in [0, 0.05) is 0 Å². The first kappa shape index (κ1) is 9.06. The average Bonchev–Trinajstić information content (AvgIpc) is 1.96. The lowest BCUT2D eigenvalue weighted by molar-refractivity contribution is -0.120. The maximum absolute atomic E-state index is 10.1. The Morgan fingerprint density at radius 2 is 2.25 bits per heavy atom. The van der Waals surface area contributed by atoms with Crippen molar-refractivity contribution in [1.29, 1.82) is 0 Å². The van der Waals surface area contributed by atoms with Crippen molar-refractivity contribution in [1.82, 2.24) is 0 Å². The second kappa shape index (κ2) is 3.58. The van der Waals surface area contributed by atoms with Gasteiger partial charge in [-0.1, -0.05) is 0 Å². The lowest BCUT2D eigenvalue weighted by Gasteiger charge is -2.05. The fourth-order valence-electron chi connectivity index (χ4n) is 0.928. The summed E-state index contributed by atoms with van der Waals surface area (Å²) in [6.07, 6.45) is 0. The predicted octanol–water partition coefficient (Wildman–Crippen LogP) is 1.87. The predicted molar refractivity (Wildman–Crippen MR) is 50.0 cm³/mol. The Hall–Kier alpha value is -1.03. The highest BCUT2D eigenvalue weighted by molar-refractivity contribution is 9.10. The largest absolute Gasteiger partial charge is 0.425 e. The van der Waals surface area contributed by atoms with Gasteiger partial charge >= 0.3 is 0 Å². The van der Waals surface area contributed by atoms with Crippen LogP contribution in [-0.4, -0.2) is 6.47 Å². The molecule has 0 bridgehead atoms. The van der Waals surface area contributed by atoms with Crippen molar-refractivity contribution >= 4 is 28.1 Å². The normalized spacial score (nSPS) is 9.50. The number of nitrogen functional groups attached to an aromatic ring is 1. The first-order chi connectivity index (χ1) is 5.65. The second-order valence-electron chi connectivity index (χ2n) is 2.38. The van der Waals surface area contributed by atoms with Crippen LogP contribution in [0, 0.1) is 6.92 Å². The first-order valence-electron chi connectivity index (χ1n) is 3.31. The molecule has 0 atom stereocenters. The highest BCUT2D eigenvalue weighted by Crippen LogP contribution is 2.31. The molecule has 0 amide bonds. The topological polar surface area (TPSA) is 52.3 Å². The van der Waals surface area contributed by atoms with Crippen LogP contribution in [0.1, 0.15) is 5.56 Å². The number of anilines is 1. The molecule has 4 heteroatoms. The number of halogens is 1. The molecule has 12 heavy (non-hydrogen) atoms. The number of hydrogen-bond acceptors (Lipinski definition) is 3. The Kier molecular flexibility index (Phi) is 2.70. The summed E-state index contributed by atoms with van der Waals surface area (Å²) in [5.74, 6) is 0.371. The molecule has 0 aliphatic heterocycles. The molecule has 0 spiro atoms. The molecule has 0 saturated heterocycles. The second-order valence-corrected chi connectivity index (χ2v) is 3.23. The third-order valence-electron chi connectivity index (χ3n) is 1.38. The number of rotatable bonds is 2. The highest BCUT2D eigenvalue weighted by atomic mass is 79.9. The monoisotopic (exact) mass is 229 g/mol. The zero-order valence-corrected chi connectivity index (χ0v) is 8.09. The van der Waals surface area contributed by atoms with Crippen molar-refractivity contribution < 1.29 is 9.53 Å². The van der Waals surface area contributed by atoms with Crippen LogP contribution >= 0.6 is 15.9 Å². The van der Waals surface area contributed by atoms with Crippen molar-refractivity contribution in [3.8, 4) is 5.75 Å². The summed E-state index contributed by atoms with van der Waals surface area (Å²) in [6, 6.07) is 3.57. The summed E-state index contributed by atoms with van der Waals surface area (Å²) in [7, 11) is 0. The van der Waals surface area contributed by atoms with Crippen LogP contribution in [0.3, 0.4) is 0 Å². The number of benzene rings is 1. The van der Waals surface area contributed by atoms with Gasteiger partial charge in [-0.15, -0.1) is 0 Å². The number of carbonyl (C=O) groups is 1. The molecule has 0 aliphatic rings. The summed E-state index contributed by atoms with van der Waals surface area (Å²) in [4.78, 5) is 10.1. The molecule has 2 N–H and O–H groups in total. The molecule has 64 valence electrons. The minimum atomic E-state index is 0.353. The summed E-state index contributed by atoms with van der Waals surface area (Å²) in [6.45, 7) is 2.26. The number of aryl methyl sites for hydroxylation is 1. The molecule has 0 fully saturated rings. The summed E-state index contributed by atoms with van der Waals surface area (Å²) < 4.78 is 5.36. The smallest absolute Gasteiger partial charge is 0.298 e. The maximum Gasteiger partial charge on any atom is 0.298 e. The van der Waals surface area contributed by atoms with E-state index in [1.165, 1.54) is 0 Å². The van der Waals surface area contributed by atoms with Crippen LogP contribution in [0.5, 0.6) is 5.75 Å². The van der Waals surface area contributed by atoms with Gasteiger partial charge in [-0.25, -0.2) is 0 Å². The Balaban J connectivity index is 3.18. The molecule has 1 aromatic rings. The van der Waals surface area contributed by atoms with Crippen LogP contribution in [0.2, 0.25) is 0 Å². The van der Waals surface area contributed by atoms with E-state index in [0.717, 1.165) is 5.56 Å². The fraction of sp³-hybridized carbons (Fsp3) is 0.125. The van der Waals surface area contributed by atoms with E-state index in [4.69, 9.17) is 5.73 Å². The lowest BCUT2D eigenvalue weighted by atomic mass is 10.2. The fourth-order valence-corrected chi connectivity index (χ4v) is 1.61. The van der Waals surface area contributed by atoms with Gasteiger partial charge in [0.1, 0.15) is 0 Å². The molecule has 0 radical (unpaired) electrons. The van der Waals surface area contributed by atoms with E-state index in [1.54, 1.807) is 6.07 Å². The molecule has 0 aromatic heterocycles. The van der Waals surface area contributed by atoms with Crippen LogP contribution in [0.25, 0.3) is 0 Å². The Labute approximate surface area is 78.6 Å². The van der Waals surface area contributed by atoms with Crippen molar-refractivity contribution in [3.63, 3.8) is 0 Å². The van der Waals surface area contributed by atoms with E-state index in [9.17, 15) is 4.79 Å². The molecule has 1 rings (SSSR count). The molecule has 0 heterocycles. The van der Waals surface area contributed by atoms with Crippen molar-refractivity contribution in [3.05, 3.63) is 22.2 Å². The maximum atomic E-state index is 10.1. The van der Waals surface area contributed by atoms with Gasteiger partial charge in [0.15, 0.2) is 5.75 Å². The highest BCUT2D eigenvalue weighted by Gasteiger charge is 2.05. The standard InChI is InChI=1S/C8H8BrNO2/c1-5-2-6(9)8(12-4-11)7(10)3-5/h2-4H,10H2,1H3. The van der Waals surface area contributed by atoms with Crippen LogP contribution < -0.4 is 10.5 Å². The van der Waals surface area contributed by atoms with Gasteiger partial charge in [-0.05, 0) is 40.5 Å². The van der Waals surface area contributed by atoms with E-state index in [1.807, 2.05) is 13.0 Å².